The fourth-order valence-electron chi connectivity index (χ4n) is 5.12. The molecule has 1 aromatic heterocycles. The van der Waals surface area contributed by atoms with E-state index < -0.39 is 18.0 Å². The number of carbonyl (C=O) groups is 2. The molecule has 256 valence electrons. The number of rotatable bonds is 12. The Morgan fingerprint density at radius 3 is 2.43 bits per heavy atom. The van der Waals surface area contributed by atoms with Gasteiger partial charge in [0.1, 0.15) is 18.2 Å². The van der Waals surface area contributed by atoms with Crippen molar-refractivity contribution in [2.45, 2.75) is 33.4 Å². The van der Waals surface area contributed by atoms with E-state index in [1.54, 1.807) is 57.2 Å². The van der Waals surface area contributed by atoms with Crippen molar-refractivity contribution >= 4 is 74.5 Å². The maximum Gasteiger partial charge on any atom is 0.343 e. The Balaban J connectivity index is 1.57. The maximum absolute atomic E-state index is 14.2. The lowest BCUT2D eigenvalue weighted by Gasteiger charge is -2.25. The average Bonchev–Trinajstić information content (AvgIpc) is 3.36. The first-order valence-electron chi connectivity index (χ1n) is 15.1. The highest BCUT2D eigenvalue weighted by Gasteiger charge is 2.34. The van der Waals surface area contributed by atoms with Crippen LogP contribution in [0.3, 0.4) is 0 Å². The zero-order valence-corrected chi connectivity index (χ0v) is 32.0. The predicted molar refractivity (Wildman–Crippen MR) is 198 cm³/mol. The summed E-state index contributed by atoms with van der Waals surface area (Å²) in [6, 6.07) is 14.2. The first-order chi connectivity index (χ1) is 23.5. The van der Waals surface area contributed by atoms with E-state index in [2.05, 4.69) is 54.9 Å². The maximum atomic E-state index is 14.2. The quantitative estimate of drug-likeness (QED) is 0.132. The SMILES string of the molecule is CCOC(=O)C1=C(C)N=c2s/c(=C\c3cc(I)c(OCc4cccc(F)c4)c(I)c3)c(=O)n2[C@@H]1c1ccc(OCC(=O)OC)c(OCC)c1. The molecule has 3 aromatic carbocycles. The van der Waals surface area contributed by atoms with E-state index >= 15 is 0 Å². The molecule has 0 spiro atoms. The summed E-state index contributed by atoms with van der Waals surface area (Å²) in [5, 5.41) is 0. The second kappa shape index (κ2) is 16.3. The number of methoxy groups -OCH3 is 1. The molecule has 0 radical (unpaired) electrons. The summed E-state index contributed by atoms with van der Waals surface area (Å²) in [5.41, 5.74) is 2.33. The van der Waals surface area contributed by atoms with Crippen LogP contribution in [0.1, 0.15) is 43.5 Å². The van der Waals surface area contributed by atoms with Crippen molar-refractivity contribution in [3.05, 3.63) is 115 Å². The summed E-state index contributed by atoms with van der Waals surface area (Å²) >= 11 is 5.56. The fraction of sp³-hybridized carbons (Fsp3) is 0.257. The number of benzene rings is 3. The third-order valence-electron chi connectivity index (χ3n) is 7.26. The van der Waals surface area contributed by atoms with Gasteiger partial charge in [-0.25, -0.2) is 19.0 Å². The van der Waals surface area contributed by atoms with E-state index in [0.29, 0.717) is 50.0 Å². The van der Waals surface area contributed by atoms with Crippen LogP contribution in [-0.2, 0) is 25.7 Å². The zero-order valence-electron chi connectivity index (χ0n) is 26.9. The molecule has 0 aliphatic carbocycles. The van der Waals surface area contributed by atoms with Gasteiger partial charge in [0.15, 0.2) is 22.9 Å². The van der Waals surface area contributed by atoms with Gasteiger partial charge in [-0.2, -0.15) is 0 Å². The van der Waals surface area contributed by atoms with Gasteiger partial charge in [0.25, 0.3) is 5.56 Å². The van der Waals surface area contributed by atoms with Gasteiger partial charge in [-0.05, 0) is 125 Å². The molecule has 0 unspecified atom stereocenters. The van der Waals surface area contributed by atoms with E-state index in [-0.39, 0.29) is 36.8 Å². The van der Waals surface area contributed by atoms with Crippen LogP contribution < -0.4 is 29.1 Å². The molecule has 1 atom stereocenters. The lowest BCUT2D eigenvalue weighted by atomic mass is 9.95. The van der Waals surface area contributed by atoms with Crippen LogP contribution in [0.5, 0.6) is 17.2 Å². The Kier molecular flexibility index (Phi) is 12.1. The number of allylic oxidation sites excluding steroid dienone is 1. The fourth-order valence-corrected chi connectivity index (χ4v) is 8.29. The van der Waals surface area contributed by atoms with Gasteiger partial charge in [-0.3, -0.25) is 9.36 Å². The normalized spacial score (nSPS) is 14.2. The summed E-state index contributed by atoms with van der Waals surface area (Å²) < 4.78 is 44.8. The van der Waals surface area contributed by atoms with Gasteiger partial charge in [-0.1, -0.05) is 29.5 Å². The molecule has 0 saturated carbocycles. The monoisotopic (exact) mass is 912 g/mol. The first-order valence-corrected chi connectivity index (χ1v) is 18.0. The molecule has 0 bridgehead atoms. The number of fused-ring (bicyclic) bond motifs is 1. The summed E-state index contributed by atoms with van der Waals surface area (Å²) in [7, 11) is 1.27. The molecule has 49 heavy (non-hydrogen) atoms. The topological polar surface area (TPSA) is 115 Å². The van der Waals surface area contributed by atoms with E-state index in [1.165, 1.54) is 35.1 Å². The molecule has 10 nitrogen and oxygen atoms in total. The Morgan fingerprint density at radius 2 is 1.76 bits per heavy atom. The van der Waals surface area contributed by atoms with Crippen LogP contribution in [0, 0.1) is 13.0 Å². The molecule has 0 saturated heterocycles. The highest BCUT2D eigenvalue weighted by Crippen LogP contribution is 2.36. The molecule has 0 N–H and O–H groups in total. The molecule has 2 heterocycles. The molecule has 1 aliphatic rings. The van der Waals surface area contributed by atoms with Crippen molar-refractivity contribution in [2.24, 2.45) is 4.99 Å². The van der Waals surface area contributed by atoms with Crippen LogP contribution in [-0.4, -0.2) is 43.4 Å². The van der Waals surface area contributed by atoms with Gasteiger partial charge >= 0.3 is 11.9 Å². The molecule has 0 amide bonds. The molecule has 14 heteroatoms. The minimum atomic E-state index is -0.884. The van der Waals surface area contributed by atoms with E-state index in [9.17, 15) is 18.8 Å². The average molecular weight is 913 g/mol. The number of carbonyl (C=O) groups excluding carboxylic acids is 2. The highest BCUT2D eigenvalue weighted by atomic mass is 127. The Morgan fingerprint density at radius 1 is 1.00 bits per heavy atom. The molecule has 0 fully saturated rings. The lowest BCUT2D eigenvalue weighted by Crippen LogP contribution is -2.40. The number of hydrogen-bond donors (Lipinski definition) is 0. The van der Waals surface area contributed by atoms with Crippen LogP contribution in [0.15, 0.2) is 75.7 Å². The number of hydrogen-bond acceptors (Lipinski definition) is 10. The molecular formula is C35H31FI2N2O8S. The minimum Gasteiger partial charge on any atom is -0.490 e. The largest absolute Gasteiger partial charge is 0.490 e. The third-order valence-corrected chi connectivity index (χ3v) is 9.85. The molecule has 5 rings (SSSR count). The standard InChI is InChI=1S/C35H31FI2N2O8S/c1-5-45-27-16-22(10-11-26(27)47-18-29(41)44-4)31-30(34(43)46-6-2)19(3)39-35-40(31)33(42)28(49-35)15-21-13-24(37)32(25(38)14-21)48-17-20-8-7-9-23(36)12-20/h7-16,31H,5-6,17-18H2,1-4H3/b28-15-/t31-/m1/s1. The number of halogens is 3. The minimum absolute atomic E-state index is 0.135. The number of thiazole rings is 1. The van der Waals surface area contributed by atoms with Crippen LogP contribution in [0.25, 0.3) is 6.08 Å². The Labute approximate surface area is 312 Å². The van der Waals surface area contributed by atoms with E-state index in [1.807, 2.05) is 12.1 Å². The first kappa shape index (κ1) is 36.5. The van der Waals surface area contributed by atoms with Gasteiger partial charge < -0.3 is 23.7 Å². The Hall–Kier alpha value is -3.77. The van der Waals surface area contributed by atoms with Gasteiger partial charge in [0.2, 0.25) is 0 Å². The van der Waals surface area contributed by atoms with Crippen molar-refractivity contribution in [1.82, 2.24) is 4.57 Å². The lowest BCUT2D eigenvalue weighted by molar-refractivity contribution is -0.143. The second-order valence-electron chi connectivity index (χ2n) is 10.5. The van der Waals surface area contributed by atoms with Crippen LogP contribution >= 0.6 is 56.5 Å². The Bertz CT molecular complexity index is 2110. The summed E-state index contributed by atoms with van der Waals surface area (Å²) in [4.78, 5) is 44.3. The van der Waals surface area contributed by atoms with Crippen LogP contribution in [0.2, 0.25) is 0 Å². The van der Waals surface area contributed by atoms with Gasteiger partial charge in [-0.15, -0.1) is 0 Å². The van der Waals surface area contributed by atoms with Crippen molar-refractivity contribution in [2.75, 3.05) is 26.9 Å². The summed E-state index contributed by atoms with van der Waals surface area (Å²) in [6.45, 7) is 5.53. The van der Waals surface area contributed by atoms with Gasteiger partial charge in [0.05, 0.1) is 49.3 Å². The van der Waals surface area contributed by atoms with Gasteiger partial charge in [0, 0.05) is 0 Å². The van der Waals surface area contributed by atoms with E-state index in [4.69, 9.17) is 18.9 Å². The summed E-state index contributed by atoms with van der Waals surface area (Å²) in [6.07, 6.45) is 1.78. The third kappa shape index (κ3) is 8.34. The van der Waals surface area contributed by atoms with Crippen molar-refractivity contribution < 1.29 is 37.7 Å². The second-order valence-corrected chi connectivity index (χ2v) is 13.9. The number of ether oxygens (including phenoxy) is 5. The van der Waals surface area contributed by atoms with E-state index in [0.717, 1.165) is 12.7 Å². The zero-order chi connectivity index (χ0) is 35.2. The predicted octanol–water partition coefficient (Wildman–Crippen LogP) is 5.68. The molecule has 1 aliphatic heterocycles. The number of aromatic nitrogens is 1. The molecular weight excluding hydrogens is 881 g/mol. The van der Waals surface area contributed by atoms with Crippen LogP contribution in [0.4, 0.5) is 4.39 Å². The van der Waals surface area contributed by atoms with Crippen molar-refractivity contribution in [3.63, 3.8) is 0 Å². The summed E-state index contributed by atoms with van der Waals surface area (Å²) in [5.74, 6) is -0.197. The molecule has 4 aromatic rings. The number of nitrogens with zero attached hydrogens (tertiary/aromatic N) is 2. The highest BCUT2D eigenvalue weighted by molar-refractivity contribution is 14.1. The number of esters is 2. The van der Waals surface area contributed by atoms with Crippen molar-refractivity contribution in [1.29, 1.82) is 0 Å². The smallest absolute Gasteiger partial charge is 0.343 e. The van der Waals surface area contributed by atoms with Crippen molar-refractivity contribution in [3.8, 4) is 17.2 Å².